The average Bonchev–Trinajstić information content (AvgIpc) is 2.54. The largest absolute Gasteiger partial charge is 0.493 e. The molecule has 3 aromatic rings. The van der Waals surface area contributed by atoms with Crippen LogP contribution in [0.25, 0.3) is 10.9 Å². The van der Waals surface area contributed by atoms with Crippen LogP contribution in [0.5, 0.6) is 11.5 Å². The minimum atomic E-state index is 0. The maximum absolute atomic E-state index is 5.30. The molecule has 0 spiro atoms. The average molecular weight is 318 g/mol. The van der Waals surface area contributed by atoms with Crippen LogP contribution < -0.4 is 14.8 Å². The standard InChI is InChI=1S/C16H15N3O2.ClH/c1-20-14-8-11-10-17-16(18-12-6-4-3-5-7-12)19-13(11)9-15(14)21-2;/h3-10H,1-2H3,(H,17,18,19);1H. The molecule has 0 aliphatic heterocycles. The van der Waals surface area contributed by atoms with Gasteiger partial charge in [0.15, 0.2) is 11.5 Å². The summed E-state index contributed by atoms with van der Waals surface area (Å²) >= 11 is 0. The third-order valence-electron chi connectivity index (χ3n) is 3.12. The Morgan fingerprint density at radius 2 is 1.64 bits per heavy atom. The van der Waals surface area contributed by atoms with Crippen molar-refractivity contribution in [3.8, 4) is 11.5 Å². The van der Waals surface area contributed by atoms with E-state index in [4.69, 9.17) is 9.47 Å². The quantitative estimate of drug-likeness (QED) is 0.793. The minimum Gasteiger partial charge on any atom is -0.493 e. The Morgan fingerprint density at radius 1 is 0.955 bits per heavy atom. The van der Waals surface area contributed by atoms with E-state index in [1.54, 1.807) is 20.4 Å². The minimum absolute atomic E-state index is 0. The Bertz CT molecular complexity index is 766. The van der Waals surface area contributed by atoms with Crippen molar-refractivity contribution >= 4 is 34.9 Å². The molecule has 22 heavy (non-hydrogen) atoms. The zero-order chi connectivity index (χ0) is 14.7. The Balaban J connectivity index is 0.00000176. The number of hydrogen-bond acceptors (Lipinski definition) is 5. The van der Waals surface area contributed by atoms with E-state index in [2.05, 4.69) is 15.3 Å². The highest BCUT2D eigenvalue weighted by atomic mass is 35.5. The van der Waals surface area contributed by atoms with E-state index in [0.717, 1.165) is 16.6 Å². The number of aromatic nitrogens is 2. The molecule has 0 unspecified atom stereocenters. The third kappa shape index (κ3) is 3.20. The highest BCUT2D eigenvalue weighted by Gasteiger charge is 2.08. The van der Waals surface area contributed by atoms with Crippen LogP contribution in [-0.2, 0) is 0 Å². The smallest absolute Gasteiger partial charge is 0.227 e. The van der Waals surface area contributed by atoms with Gasteiger partial charge in [-0.15, -0.1) is 12.4 Å². The predicted molar refractivity (Wildman–Crippen MR) is 89.6 cm³/mol. The van der Waals surface area contributed by atoms with E-state index in [0.29, 0.717) is 17.4 Å². The van der Waals surface area contributed by atoms with Gasteiger partial charge in [0, 0.05) is 23.3 Å². The Morgan fingerprint density at radius 3 is 2.32 bits per heavy atom. The molecule has 0 fully saturated rings. The predicted octanol–water partition coefficient (Wildman–Crippen LogP) is 3.81. The number of fused-ring (bicyclic) bond motifs is 1. The van der Waals surface area contributed by atoms with Crippen molar-refractivity contribution in [2.45, 2.75) is 0 Å². The second kappa shape index (κ2) is 6.95. The lowest BCUT2D eigenvalue weighted by atomic mass is 10.2. The fourth-order valence-corrected chi connectivity index (χ4v) is 2.07. The maximum Gasteiger partial charge on any atom is 0.227 e. The molecule has 0 bridgehead atoms. The van der Waals surface area contributed by atoms with Crippen molar-refractivity contribution in [2.75, 3.05) is 19.5 Å². The Hall–Kier alpha value is -2.53. The highest BCUT2D eigenvalue weighted by molar-refractivity contribution is 5.85. The summed E-state index contributed by atoms with van der Waals surface area (Å²) in [7, 11) is 3.21. The third-order valence-corrected chi connectivity index (χ3v) is 3.12. The van der Waals surface area contributed by atoms with Crippen LogP contribution in [0.3, 0.4) is 0 Å². The lowest BCUT2D eigenvalue weighted by Crippen LogP contribution is -1.98. The normalized spacial score (nSPS) is 9.91. The van der Waals surface area contributed by atoms with Gasteiger partial charge in [-0.2, -0.15) is 0 Å². The van der Waals surface area contributed by atoms with Gasteiger partial charge in [0.25, 0.3) is 0 Å². The van der Waals surface area contributed by atoms with Gasteiger partial charge < -0.3 is 14.8 Å². The number of anilines is 2. The molecule has 3 rings (SSSR count). The van der Waals surface area contributed by atoms with E-state index >= 15 is 0 Å². The van der Waals surface area contributed by atoms with Crippen molar-refractivity contribution in [3.63, 3.8) is 0 Å². The van der Waals surface area contributed by atoms with E-state index in [1.807, 2.05) is 42.5 Å². The van der Waals surface area contributed by atoms with E-state index in [-0.39, 0.29) is 12.4 Å². The first-order valence-electron chi connectivity index (χ1n) is 6.51. The molecule has 114 valence electrons. The molecule has 0 aliphatic carbocycles. The molecule has 0 radical (unpaired) electrons. The number of nitrogens with one attached hydrogen (secondary N) is 1. The zero-order valence-electron chi connectivity index (χ0n) is 12.2. The molecule has 0 atom stereocenters. The van der Waals surface area contributed by atoms with Crippen LogP contribution in [0.4, 0.5) is 11.6 Å². The van der Waals surface area contributed by atoms with Gasteiger partial charge >= 0.3 is 0 Å². The molecule has 0 saturated carbocycles. The number of methoxy groups -OCH3 is 2. The Kier molecular flexibility index (Phi) is 5.01. The van der Waals surface area contributed by atoms with Crippen LogP contribution in [0, 0.1) is 0 Å². The number of rotatable bonds is 4. The van der Waals surface area contributed by atoms with Gasteiger partial charge in [-0.05, 0) is 18.2 Å². The summed E-state index contributed by atoms with van der Waals surface area (Å²) < 4.78 is 10.6. The molecule has 0 aliphatic rings. The fraction of sp³-hybridized carbons (Fsp3) is 0.125. The van der Waals surface area contributed by atoms with Crippen molar-refractivity contribution in [2.24, 2.45) is 0 Å². The molecule has 5 nitrogen and oxygen atoms in total. The lowest BCUT2D eigenvalue weighted by Gasteiger charge is -2.10. The summed E-state index contributed by atoms with van der Waals surface area (Å²) in [6.07, 6.45) is 1.76. The number of halogens is 1. The molecule has 1 N–H and O–H groups in total. The van der Waals surface area contributed by atoms with Crippen LogP contribution in [-0.4, -0.2) is 24.2 Å². The van der Waals surface area contributed by atoms with Gasteiger partial charge in [-0.25, -0.2) is 9.97 Å². The van der Waals surface area contributed by atoms with Crippen molar-refractivity contribution in [1.82, 2.24) is 9.97 Å². The van der Waals surface area contributed by atoms with E-state index in [9.17, 15) is 0 Å². The summed E-state index contributed by atoms with van der Waals surface area (Å²) in [5.74, 6) is 1.85. The summed E-state index contributed by atoms with van der Waals surface area (Å²) in [6, 6.07) is 13.5. The van der Waals surface area contributed by atoms with Gasteiger partial charge in [0.05, 0.1) is 19.7 Å². The van der Waals surface area contributed by atoms with Crippen molar-refractivity contribution < 1.29 is 9.47 Å². The van der Waals surface area contributed by atoms with Crippen molar-refractivity contribution in [1.29, 1.82) is 0 Å². The van der Waals surface area contributed by atoms with E-state index < -0.39 is 0 Å². The molecule has 6 heteroatoms. The SMILES string of the molecule is COc1cc2cnc(Nc3ccccc3)nc2cc1OC.Cl. The molecule has 0 saturated heterocycles. The molecular weight excluding hydrogens is 302 g/mol. The van der Waals surface area contributed by atoms with Gasteiger partial charge in [0.2, 0.25) is 5.95 Å². The van der Waals surface area contributed by atoms with E-state index in [1.165, 1.54) is 0 Å². The second-order valence-electron chi connectivity index (χ2n) is 4.45. The first-order chi connectivity index (χ1) is 10.3. The highest BCUT2D eigenvalue weighted by Crippen LogP contribution is 2.31. The van der Waals surface area contributed by atoms with Crippen LogP contribution in [0.2, 0.25) is 0 Å². The Labute approximate surface area is 134 Å². The fourth-order valence-electron chi connectivity index (χ4n) is 2.07. The summed E-state index contributed by atoms with van der Waals surface area (Å²) in [4.78, 5) is 8.81. The van der Waals surface area contributed by atoms with Gasteiger partial charge in [-0.3, -0.25) is 0 Å². The summed E-state index contributed by atoms with van der Waals surface area (Å²) in [5.41, 5.74) is 1.73. The van der Waals surface area contributed by atoms with Crippen LogP contribution >= 0.6 is 12.4 Å². The summed E-state index contributed by atoms with van der Waals surface area (Å²) in [5, 5.41) is 4.06. The first kappa shape index (κ1) is 15.9. The van der Waals surface area contributed by atoms with Gasteiger partial charge in [-0.1, -0.05) is 18.2 Å². The van der Waals surface area contributed by atoms with Crippen LogP contribution in [0.15, 0.2) is 48.7 Å². The molecule has 2 aromatic carbocycles. The lowest BCUT2D eigenvalue weighted by molar-refractivity contribution is 0.356. The number of para-hydroxylation sites is 1. The molecule has 0 amide bonds. The maximum atomic E-state index is 5.30. The van der Waals surface area contributed by atoms with Gasteiger partial charge in [0.1, 0.15) is 0 Å². The number of hydrogen-bond donors (Lipinski definition) is 1. The second-order valence-corrected chi connectivity index (χ2v) is 4.45. The molecular formula is C16H16ClN3O2. The van der Waals surface area contributed by atoms with Crippen LogP contribution in [0.1, 0.15) is 0 Å². The first-order valence-corrected chi connectivity index (χ1v) is 6.51. The monoisotopic (exact) mass is 317 g/mol. The van der Waals surface area contributed by atoms with Crippen molar-refractivity contribution in [3.05, 3.63) is 48.7 Å². The molecule has 1 aromatic heterocycles. The number of nitrogens with zero attached hydrogens (tertiary/aromatic N) is 2. The number of ether oxygens (including phenoxy) is 2. The topological polar surface area (TPSA) is 56.3 Å². The number of benzene rings is 2. The summed E-state index contributed by atoms with van der Waals surface area (Å²) in [6.45, 7) is 0. The molecule has 1 heterocycles. The zero-order valence-corrected chi connectivity index (χ0v) is 13.1.